The van der Waals surface area contributed by atoms with Crippen molar-refractivity contribution in [3.05, 3.63) is 59.4 Å². The fourth-order valence-corrected chi connectivity index (χ4v) is 2.50. The summed E-state index contributed by atoms with van der Waals surface area (Å²) in [6.45, 7) is 1.92. The fraction of sp³-hybridized carbons (Fsp3) is 0.200. The number of carbonyl (C=O) groups is 1. The van der Waals surface area contributed by atoms with Crippen LogP contribution in [-0.2, 0) is 4.79 Å². The van der Waals surface area contributed by atoms with Gasteiger partial charge >= 0.3 is 0 Å². The Hall–Kier alpha value is -1.52. The molecule has 0 aliphatic heterocycles. The van der Waals surface area contributed by atoms with E-state index >= 15 is 0 Å². The van der Waals surface area contributed by atoms with Crippen molar-refractivity contribution in [3.8, 4) is 0 Å². The van der Waals surface area contributed by atoms with E-state index in [4.69, 9.17) is 11.6 Å². The van der Waals surface area contributed by atoms with E-state index in [2.05, 4.69) is 10.3 Å². The Morgan fingerprint density at radius 3 is 2.70 bits per heavy atom. The van der Waals surface area contributed by atoms with Crippen LogP contribution in [0.4, 0.5) is 0 Å². The Morgan fingerprint density at radius 1 is 1.30 bits per heavy atom. The topological polar surface area (TPSA) is 42.0 Å². The predicted octanol–water partition coefficient (Wildman–Crippen LogP) is 3.70. The summed E-state index contributed by atoms with van der Waals surface area (Å²) in [7, 11) is 0. The summed E-state index contributed by atoms with van der Waals surface area (Å²) in [5, 5.41) is 3.63. The van der Waals surface area contributed by atoms with Crippen molar-refractivity contribution in [2.24, 2.45) is 0 Å². The average molecular weight is 307 g/mol. The average Bonchev–Trinajstić information content (AvgIpc) is 2.47. The van der Waals surface area contributed by atoms with Gasteiger partial charge in [-0.25, -0.2) is 0 Å². The van der Waals surface area contributed by atoms with Crippen LogP contribution in [0.1, 0.15) is 18.7 Å². The lowest BCUT2D eigenvalue weighted by Gasteiger charge is -2.13. The van der Waals surface area contributed by atoms with Gasteiger partial charge in [-0.1, -0.05) is 17.7 Å². The maximum Gasteiger partial charge on any atom is 0.230 e. The van der Waals surface area contributed by atoms with Crippen molar-refractivity contribution in [1.29, 1.82) is 0 Å². The summed E-state index contributed by atoms with van der Waals surface area (Å²) < 4.78 is 0. The third-order valence-electron chi connectivity index (χ3n) is 2.69. The summed E-state index contributed by atoms with van der Waals surface area (Å²) >= 11 is 7.30. The molecule has 0 aliphatic rings. The van der Waals surface area contributed by atoms with Crippen LogP contribution in [0.5, 0.6) is 0 Å². The minimum Gasteiger partial charge on any atom is -0.347 e. The number of hydrogen-bond donors (Lipinski definition) is 1. The van der Waals surface area contributed by atoms with Gasteiger partial charge in [0.2, 0.25) is 5.91 Å². The first-order valence-corrected chi connectivity index (χ1v) is 7.60. The van der Waals surface area contributed by atoms with E-state index in [1.807, 2.05) is 49.4 Å². The largest absolute Gasteiger partial charge is 0.347 e. The molecule has 1 N–H and O–H groups in total. The smallest absolute Gasteiger partial charge is 0.230 e. The van der Waals surface area contributed by atoms with Crippen molar-refractivity contribution in [1.82, 2.24) is 10.3 Å². The van der Waals surface area contributed by atoms with Crippen LogP contribution in [0.25, 0.3) is 0 Å². The summed E-state index contributed by atoms with van der Waals surface area (Å²) in [6.07, 6.45) is 1.72. The van der Waals surface area contributed by atoms with E-state index in [0.717, 1.165) is 10.6 Å². The first kappa shape index (κ1) is 14.9. The Kier molecular flexibility index (Phi) is 5.44. The molecule has 1 amide bonds. The van der Waals surface area contributed by atoms with E-state index in [9.17, 15) is 4.79 Å². The highest BCUT2D eigenvalue weighted by atomic mass is 35.5. The third kappa shape index (κ3) is 4.54. The standard InChI is InChI=1S/C15H15ClN2OS/c1-11(14-4-2-3-9-17-14)18-15(19)10-20-13-7-5-12(16)6-8-13/h2-9,11H,10H2,1H3,(H,18,19). The number of pyridine rings is 1. The molecule has 0 bridgehead atoms. The molecule has 0 saturated heterocycles. The zero-order chi connectivity index (χ0) is 14.4. The second kappa shape index (κ2) is 7.31. The minimum absolute atomic E-state index is 0.0110. The molecule has 0 fully saturated rings. The molecule has 3 nitrogen and oxygen atoms in total. The van der Waals surface area contributed by atoms with E-state index in [0.29, 0.717) is 10.8 Å². The number of hydrogen-bond acceptors (Lipinski definition) is 3. The first-order valence-electron chi connectivity index (χ1n) is 6.24. The van der Waals surface area contributed by atoms with Crippen LogP contribution in [0.3, 0.4) is 0 Å². The monoisotopic (exact) mass is 306 g/mol. The molecule has 20 heavy (non-hydrogen) atoms. The Labute approximate surface area is 127 Å². The van der Waals surface area contributed by atoms with Crippen LogP contribution in [0.15, 0.2) is 53.6 Å². The van der Waals surface area contributed by atoms with E-state index in [-0.39, 0.29) is 11.9 Å². The Balaban J connectivity index is 1.82. The molecular formula is C15H15ClN2OS. The second-order valence-corrected chi connectivity index (χ2v) is 5.77. The van der Waals surface area contributed by atoms with Crippen molar-refractivity contribution in [3.63, 3.8) is 0 Å². The van der Waals surface area contributed by atoms with Gasteiger partial charge in [0.25, 0.3) is 0 Å². The number of halogens is 1. The molecule has 2 rings (SSSR count). The zero-order valence-corrected chi connectivity index (χ0v) is 12.6. The number of carbonyl (C=O) groups excluding carboxylic acids is 1. The maximum absolute atomic E-state index is 11.9. The van der Waals surface area contributed by atoms with Crippen LogP contribution in [0, 0.1) is 0 Å². The molecule has 0 aliphatic carbocycles. The number of amides is 1. The lowest BCUT2D eigenvalue weighted by atomic mass is 10.2. The number of aromatic nitrogens is 1. The Bertz CT molecular complexity index is 560. The van der Waals surface area contributed by atoms with E-state index in [1.54, 1.807) is 6.20 Å². The number of nitrogens with one attached hydrogen (secondary N) is 1. The van der Waals surface area contributed by atoms with E-state index < -0.39 is 0 Å². The number of nitrogens with zero attached hydrogens (tertiary/aromatic N) is 1. The zero-order valence-electron chi connectivity index (χ0n) is 11.0. The molecular weight excluding hydrogens is 292 g/mol. The second-order valence-electron chi connectivity index (χ2n) is 4.29. The summed E-state index contributed by atoms with van der Waals surface area (Å²) in [6, 6.07) is 13.0. The normalized spacial score (nSPS) is 11.9. The molecule has 2 aromatic rings. The molecule has 1 aromatic carbocycles. The van der Waals surface area contributed by atoms with Crippen molar-refractivity contribution in [2.75, 3.05) is 5.75 Å². The van der Waals surface area contributed by atoms with Crippen LogP contribution < -0.4 is 5.32 Å². The fourth-order valence-electron chi connectivity index (χ4n) is 1.67. The van der Waals surface area contributed by atoms with Gasteiger partial charge in [-0.05, 0) is 43.3 Å². The lowest BCUT2D eigenvalue weighted by molar-refractivity contribution is -0.119. The summed E-state index contributed by atoms with van der Waals surface area (Å²) in [4.78, 5) is 17.1. The molecule has 0 saturated carbocycles. The van der Waals surface area contributed by atoms with Crippen LogP contribution in [0.2, 0.25) is 5.02 Å². The van der Waals surface area contributed by atoms with Crippen molar-refractivity contribution in [2.45, 2.75) is 17.9 Å². The van der Waals surface area contributed by atoms with Gasteiger partial charge in [-0.3, -0.25) is 9.78 Å². The molecule has 1 atom stereocenters. The predicted molar refractivity (Wildman–Crippen MR) is 83.0 cm³/mol. The first-order chi connectivity index (χ1) is 9.65. The van der Waals surface area contributed by atoms with Gasteiger partial charge in [0.1, 0.15) is 0 Å². The highest BCUT2D eigenvalue weighted by Gasteiger charge is 2.10. The minimum atomic E-state index is -0.0884. The number of thioether (sulfide) groups is 1. The molecule has 0 radical (unpaired) electrons. The van der Waals surface area contributed by atoms with Crippen LogP contribution >= 0.6 is 23.4 Å². The van der Waals surface area contributed by atoms with E-state index in [1.165, 1.54) is 11.8 Å². The number of benzene rings is 1. The highest BCUT2D eigenvalue weighted by Crippen LogP contribution is 2.20. The summed E-state index contributed by atoms with van der Waals surface area (Å²) in [5.41, 5.74) is 0.859. The third-order valence-corrected chi connectivity index (χ3v) is 3.96. The van der Waals surface area contributed by atoms with Gasteiger partial charge in [0.05, 0.1) is 17.5 Å². The quantitative estimate of drug-likeness (QED) is 0.856. The van der Waals surface area contributed by atoms with Crippen LogP contribution in [-0.4, -0.2) is 16.6 Å². The van der Waals surface area contributed by atoms with Crippen molar-refractivity contribution < 1.29 is 4.79 Å². The Morgan fingerprint density at radius 2 is 2.05 bits per heavy atom. The molecule has 5 heteroatoms. The van der Waals surface area contributed by atoms with Gasteiger partial charge in [-0.2, -0.15) is 0 Å². The highest BCUT2D eigenvalue weighted by molar-refractivity contribution is 8.00. The molecule has 104 valence electrons. The molecule has 0 spiro atoms. The molecule has 1 aromatic heterocycles. The number of rotatable bonds is 5. The molecule has 1 heterocycles. The van der Waals surface area contributed by atoms with Crippen molar-refractivity contribution >= 4 is 29.3 Å². The SMILES string of the molecule is CC(NC(=O)CSc1ccc(Cl)cc1)c1ccccn1. The van der Waals surface area contributed by atoms with Gasteiger partial charge in [0.15, 0.2) is 0 Å². The molecule has 1 unspecified atom stereocenters. The van der Waals surface area contributed by atoms with Gasteiger partial charge in [-0.15, -0.1) is 11.8 Å². The summed E-state index contributed by atoms with van der Waals surface area (Å²) in [5.74, 6) is 0.363. The lowest BCUT2D eigenvalue weighted by Crippen LogP contribution is -2.28. The maximum atomic E-state index is 11.9. The van der Waals surface area contributed by atoms with Gasteiger partial charge < -0.3 is 5.32 Å². The van der Waals surface area contributed by atoms with Gasteiger partial charge in [0, 0.05) is 16.1 Å².